The first-order valence-electron chi connectivity index (χ1n) is 9.77. The van der Waals surface area contributed by atoms with Gasteiger partial charge in [-0.05, 0) is 38.7 Å². The number of phenols is 1. The summed E-state index contributed by atoms with van der Waals surface area (Å²) in [6.45, 7) is 11.2. The molecule has 2 bridgehead atoms. The number of carbonyl (C=O) groups is 1. The second-order valence-electron chi connectivity index (χ2n) is 8.41. The lowest BCUT2D eigenvalue weighted by Gasteiger charge is -2.55. The predicted octanol–water partition coefficient (Wildman–Crippen LogP) is 4.43. The maximum absolute atomic E-state index is 12.0. The van der Waals surface area contributed by atoms with Gasteiger partial charge in [-0.3, -0.25) is 0 Å². The van der Waals surface area contributed by atoms with Gasteiger partial charge in [0.05, 0.1) is 12.7 Å². The van der Waals surface area contributed by atoms with Crippen molar-refractivity contribution in [2.45, 2.75) is 46.8 Å². The lowest BCUT2D eigenvalue weighted by Crippen LogP contribution is -2.55. The van der Waals surface area contributed by atoms with Gasteiger partial charge in [-0.1, -0.05) is 43.7 Å². The van der Waals surface area contributed by atoms with Gasteiger partial charge in [0.25, 0.3) is 0 Å². The number of hydrogen-bond acceptors (Lipinski definition) is 4. The third kappa shape index (κ3) is 3.57. The fraction of sp³-hybridized carbons (Fsp3) is 0.591. The lowest BCUT2D eigenvalue weighted by molar-refractivity contribution is -0.166. The number of alkyl carbamates (subject to hydrolysis) is 1. The zero-order valence-corrected chi connectivity index (χ0v) is 16.9. The lowest BCUT2D eigenvalue weighted by atomic mass is 9.56. The van der Waals surface area contributed by atoms with E-state index in [0.29, 0.717) is 13.2 Å². The molecule has 2 N–H and O–H groups in total. The Kier molecular flexibility index (Phi) is 5.52. The van der Waals surface area contributed by atoms with Crippen molar-refractivity contribution in [3.63, 3.8) is 0 Å². The van der Waals surface area contributed by atoms with Crippen LogP contribution in [0.15, 0.2) is 35.9 Å². The van der Waals surface area contributed by atoms with Crippen LogP contribution in [0, 0.1) is 23.2 Å². The molecule has 0 saturated carbocycles. The Morgan fingerprint density at radius 2 is 2.07 bits per heavy atom. The van der Waals surface area contributed by atoms with E-state index in [1.54, 1.807) is 6.07 Å². The number of carbonyl (C=O) groups excluding carboxylic acids is 1. The Morgan fingerprint density at radius 1 is 1.37 bits per heavy atom. The van der Waals surface area contributed by atoms with Gasteiger partial charge in [0.1, 0.15) is 12.4 Å². The van der Waals surface area contributed by atoms with Crippen molar-refractivity contribution >= 4 is 6.09 Å². The van der Waals surface area contributed by atoms with E-state index >= 15 is 0 Å². The maximum atomic E-state index is 12.0. The number of phenolic OH excluding ortho intramolecular Hbond substituents is 1. The molecule has 1 saturated heterocycles. The number of hydrogen-bond donors (Lipinski definition) is 2. The fourth-order valence-corrected chi connectivity index (χ4v) is 4.74. The molecular weight excluding hydrogens is 342 g/mol. The van der Waals surface area contributed by atoms with E-state index in [2.05, 4.69) is 32.2 Å². The molecule has 5 heteroatoms. The molecule has 0 unspecified atom stereocenters. The zero-order chi connectivity index (χ0) is 19.8. The maximum Gasteiger partial charge on any atom is 0.407 e. The monoisotopic (exact) mass is 373 g/mol. The zero-order valence-electron chi connectivity index (χ0n) is 16.9. The smallest absolute Gasteiger partial charge is 0.407 e. The highest BCUT2D eigenvalue weighted by molar-refractivity contribution is 5.67. The third-order valence-electron chi connectivity index (χ3n) is 6.37. The number of rotatable bonds is 4. The molecule has 2 aliphatic rings. The van der Waals surface area contributed by atoms with Gasteiger partial charge in [0.15, 0.2) is 0 Å². The second kappa shape index (κ2) is 7.55. The van der Waals surface area contributed by atoms with Crippen LogP contribution in [0.25, 0.3) is 0 Å². The highest BCUT2D eigenvalue weighted by Gasteiger charge is 2.54. The topological polar surface area (TPSA) is 67.8 Å². The Labute approximate surface area is 161 Å². The first kappa shape index (κ1) is 19.7. The number of benzene rings is 1. The van der Waals surface area contributed by atoms with Crippen molar-refractivity contribution in [1.82, 2.24) is 5.32 Å². The standard InChI is InChI=1S/C22H31NO4/c1-13(2)23-21(25)27-12-22-11-26-20(17-8-6-7-9-18(17)24)19(16(22)5)14(3)10-15(22)4/h6-10,13,15-16,19-20,24H,11-12H2,1-5H3,(H,23,25)/t15-,16+,19+,20+,22+/m0/s1. The average Bonchev–Trinajstić information content (AvgIpc) is 2.59. The minimum absolute atomic E-state index is 0.0409. The van der Waals surface area contributed by atoms with Gasteiger partial charge in [-0.15, -0.1) is 0 Å². The molecular formula is C22H31NO4. The minimum Gasteiger partial charge on any atom is -0.508 e. The Balaban J connectivity index is 1.87. The molecule has 0 aromatic heterocycles. The third-order valence-corrected chi connectivity index (χ3v) is 6.37. The number of allylic oxidation sites excluding steroid dienone is 1. The molecule has 1 aliphatic carbocycles. The molecule has 0 spiro atoms. The van der Waals surface area contributed by atoms with Crippen molar-refractivity contribution in [1.29, 1.82) is 0 Å². The number of fused-ring (bicyclic) bond motifs is 2. The van der Waals surface area contributed by atoms with Crippen molar-refractivity contribution in [2.75, 3.05) is 13.2 Å². The normalized spacial score (nSPS) is 32.7. The number of aromatic hydroxyl groups is 1. The van der Waals surface area contributed by atoms with E-state index in [0.717, 1.165) is 5.56 Å². The molecule has 27 heavy (non-hydrogen) atoms. The summed E-state index contributed by atoms with van der Waals surface area (Å²) in [5, 5.41) is 13.1. The summed E-state index contributed by atoms with van der Waals surface area (Å²) < 4.78 is 11.9. The van der Waals surface area contributed by atoms with E-state index in [-0.39, 0.29) is 47.2 Å². The van der Waals surface area contributed by atoms with Gasteiger partial charge >= 0.3 is 6.09 Å². The van der Waals surface area contributed by atoms with Crippen LogP contribution >= 0.6 is 0 Å². The molecule has 1 fully saturated rings. The molecule has 0 radical (unpaired) electrons. The van der Waals surface area contributed by atoms with Crippen molar-refractivity contribution < 1.29 is 19.4 Å². The van der Waals surface area contributed by atoms with Crippen LogP contribution in [-0.2, 0) is 9.47 Å². The molecule has 3 rings (SSSR count). The summed E-state index contributed by atoms with van der Waals surface area (Å²) in [4.78, 5) is 12.0. The van der Waals surface area contributed by atoms with E-state index in [4.69, 9.17) is 9.47 Å². The van der Waals surface area contributed by atoms with Crippen molar-refractivity contribution in [2.24, 2.45) is 23.2 Å². The molecule has 1 aliphatic heterocycles. The van der Waals surface area contributed by atoms with E-state index in [1.807, 2.05) is 32.0 Å². The van der Waals surface area contributed by atoms with Crippen molar-refractivity contribution in [3.05, 3.63) is 41.5 Å². The van der Waals surface area contributed by atoms with Gasteiger partial charge in [0.2, 0.25) is 0 Å². The first-order valence-corrected chi connectivity index (χ1v) is 9.77. The predicted molar refractivity (Wildman–Crippen MR) is 104 cm³/mol. The summed E-state index contributed by atoms with van der Waals surface area (Å²) in [5.41, 5.74) is 1.83. The van der Waals surface area contributed by atoms with E-state index in [9.17, 15) is 9.90 Å². The van der Waals surface area contributed by atoms with E-state index in [1.165, 1.54) is 5.57 Å². The van der Waals surface area contributed by atoms with Crippen LogP contribution in [0.1, 0.15) is 46.3 Å². The molecule has 1 heterocycles. The number of amides is 1. The van der Waals surface area contributed by atoms with Crippen LogP contribution in [-0.4, -0.2) is 30.5 Å². The van der Waals surface area contributed by atoms with Crippen LogP contribution in [0.3, 0.4) is 0 Å². The Bertz CT molecular complexity index is 729. The second-order valence-corrected chi connectivity index (χ2v) is 8.41. The highest BCUT2D eigenvalue weighted by Crippen LogP contribution is 2.57. The molecule has 1 aromatic rings. The Morgan fingerprint density at radius 3 is 2.74 bits per heavy atom. The van der Waals surface area contributed by atoms with Crippen LogP contribution < -0.4 is 5.32 Å². The molecule has 1 aromatic carbocycles. The number of para-hydroxylation sites is 1. The van der Waals surface area contributed by atoms with Gasteiger partial charge < -0.3 is 19.9 Å². The van der Waals surface area contributed by atoms with Crippen LogP contribution in [0.5, 0.6) is 5.75 Å². The summed E-state index contributed by atoms with van der Waals surface area (Å²) in [5.74, 6) is 0.893. The van der Waals surface area contributed by atoms with Gasteiger partial charge in [-0.2, -0.15) is 0 Å². The number of ether oxygens (including phenoxy) is 2. The Hall–Kier alpha value is -2.01. The molecule has 5 atom stereocenters. The van der Waals surface area contributed by atoms with Gasteiger partial charge in [-0.25, -0.2) is 4.79 Å². The molecule has 1 amide bonds. The summed E-state index contributed by atoms with van der Waals surface area (Å²) in [6.07, 6.45) is 1.70. The van der Waals surface area contributed by atoms with Crippen LogP contribution in [0.4, 0.5) is 4.79 Å². The summed E-state index contributed by atoms with van der Waals surface area (Å²) in [6, 6.07) is 7.42. The molecule has 5 nitrogen and oxygen atoms in total. The minimum atomic E-state index is -0.385. The first-order chi connectivity index (χ1) is 12.8. The largest absolute Gasteiger partial charge is 0.508 e. The SMILES string of the molecule is CC1=C[C@H](C)[C@]2(COC(=O)NC(C)C)CO[C@H](c3ccccc3O)[C@H]1[C@H]2C. The highest BCUT2D eigenvalue weighted by atomic mass is 16.6. The van der Waals surface area contributed by atoms with Crippen LogP contribution in [0.2, 0.25) is 0 Å². The van der Waals surface area contributed by atoms with E-state index < -0.39 is 0 Å². The average molecular weight is 373 g/mol. The fourth-order valence-electron chi connectivity index (χ4n) is 4.74. The van der Waals surface area contributed by atoms with Crippen molar-refractivity contribution in [3.8, 4) is 5.75 Å². The summed E-state index contributed by atoms with van der Waals surface area (Å²) in [7, 11) is 0. The quantitative estimate of drug-likeness (QED) is 0.766. The van der Waals surface area contributed by atoms with Gasteiger partial charge in [0, 0.05) is 22.9 Å². The molecule has 148 valence electrons. The summed E-state index contributed by atoms with van der Waals surface area (Å²) >= 11 is 0. The number of nitrogens with one attached hydrogen (secondary N) is 1.